The second kappa shape index (κ2) is 32.5. The number of benzene rings is 1. The maximum absolute atomic E-state index is 13.2. The van der Waals surface area contributed by atoms with Crippen molar-refractivity contribution in [2.24, 2.45) is 23.5 Å². The van der Waals surface area contributed by atoms with Crippen LogP contribution in [0.2, 0.25) is 0 Å². The van der Waals surface area contributed by atoms with Crippen LogP contribution in [-0.2, 0) is 56.8 Å². The molecule has 520 valence electrons. The van der Waals surface area contributed by atoms with Crippen LogP contribution in [0.15, 0.2) is 108 Å². The number of aliphatic carboxylic acids is 1. The van der Waals surface area contributed by atoms with Crippen molar-refractivity contribution < 1.29 is 109 Å². The largest absolute Gasteiger partial charge is 0.481 e. The summed E-state index contributed by atoms with van der Waals surface area (Å²) in [5, 5.41) is 130. The van der Waals surface area contributed by atoms with E-state index in [0.717, 1.165) is 22.0 Å². The van der Waals surface area contributed by atoms with Crippen molar-refractivity contribution in [3.8, 4) is 22.9 Å². The minimum absolute atomic E-state index is 0.113. The number of carboxylic acids is 1. The number of ether oxygens (including phenoxy) is 7. The molecule has 0 spiro atoms. The quantitative estimate of drug-likeness (QED) is 0.131. The zero-order valence-corrected chi connectivity index (χ0v) is 54.0. The molecule has 20 atom stereocenters. The third-order valence-corrected chi connectivity index (χ3v) is 18.5. The normalized spacial score (nSPS) is 37.7. The summed E-state index contributed by atoms with van der Waals surface area (Å²) < 4.78 is 40.9. The third-order valence-electron chi connectivity index (χ3n) is 18.5. The Balaban J connectivity index is 0.000000314. The number of pyridine rings is 2. The summed E-state index contributed by atoms with van der Waals surface area (Å²) in [6.45, 7) is 10.8. The fraction of sp³-hybridized carbons (Fsp3) is 0.551. The first-order valence-corrected chi connectivity index (χ1v) is 32.1. The van der Waals surface area contributed by atoms with Crippen molar-refractivity contribution in [2.45, 2.75) is 216 Å². The van der Waals surface area contributed by atoms with Gasteiger partial charge in [0.1, 0.15) is 24.7 Å². The Bertz CT molecular complexity index is 3470. The average molecular weight is 1330 g/mol. The topological polar surface area (TPSA) is 419 Å². The monoisotopic (exact) mass is 1330 g/mol. The van der Waals surface area contributed by atoms with Crippen molar-refractivity contribution in [2.75, 3.05) is 6.79 Å². The number of allylic oxidation sites excluding steroid dienone is 12. The number of carbonyl (C=O) groups excluding carboxylic acids is 2. The molecular weight excluding hydrogens is 1240 g/mol. The summed E-state index contributed by atoms with van der Waals surface area (Å²) in [4.78, 5) is 55.4. The number of aliphatic hydroxyl groups is 11. The van der Waals surface area contributed by atoms with E-state index in [1.807, 2.05) is 32.1 Å². The van der Waals surface area contributed by atoms with E-state index in [9.17, 15) is 80.5 Å². The summed E-state index contributed by atoms with van der Waals surface area (Å²) in [7, 11) is 0. The summed E-state index contributed by atoms with van der Waals surface area (Å²) in [6, 6.07) is 4.33. The van der Waals surface area contributed by atoms with Gasteiger partial charge in [-0.3, -0.25) is 14.4 Å². The number of hydrogen-bond donors (Lipinski definition) is 13. The lowest BCUT2D eigenvalue weighted by atomic mass is 9.82. The van der Waals surface area contributed by atoms with E-state index in [1.54, 1.807) is 104 Å². The molecule has 0 aliphatic carbocycles. The van der Waals surface area contributed by atoms with Crippen LogP contribution in [0.3, 0.4) is 0 Å². The fourth-order valence-electron chi connectivity index (χ4n) is 12.6. The molecule has 0 unspecified atom stereocenters. The number of rotatable bonds is 4. The number of carbonyl (C=O) groups is 3. The lowest BCUT2D eigenvalue weighted by Gasteiger charge is -2.45. The Morgan fingerprint density at radius 2 is 1.34 bits per heavy atom. The number of carboxylic acid groups (broad SMARTS) is 1. The summed E-state index contributed by atoms with van der Waals surface area (Å²) in [5.74, 6) is -6.23. The Kier molecular flexibility index (Phi) is 25.3. The first-order valence-electron chi connectivity index (χ1n) is 32.1. The number of cyclic esters (lactones) is 2. The zero-order valence-electron chi connectivity index (χ0n) is 54.0. The van der Waals surface area contributed by atoms with Gasteiger partial charge < -0.3 is 105 Å². The van der Waals surface area contributed by atoms with E-state index in [4.69, 9.17) is 43.9 Å². The zero-order chi connectivity index (χ0) is 69.2. The van der Waals surface area contributed by atoms with Crippen LogP contribution in [0.4, 0.5) is 0 Å². The molecule has 0 amide bonds. The van der Waals surface area contributed by atoms with Crippen LogP contribution in [0.1, 0.15) is 115 Å². The molecule has 2 fully saturated rings. The van der Waals surface area contributed by atoms with Gasteiger partial charge in [0.05, 0.1) is 109 Å². The molecule has 6 aliphatic heterocycles. The number of nitrogens with zero attached hydrogens (tertiary/aromatic N) is 2. The minimum atomic E-state index is -2.29. The second-order valence-corrected chi connectivity index (χ2v) is 25.5. The first-order chi connectivity index (χ1) is 45.0. The van der Waals surface area contributed by atoms with E-state index in [1.165, 1.54) is 13.0 Å². The fourth-order valence-corrected chi connectivity index (χ4v) is 12.6. The highest BCUT2D eigenvalue weighted by Gasteiger charge is 2.51. The van der Waals surface area contributed by atoms with Crippen molar-refractivity contribution in [3.63, 3.8) is 0 Å². The first kappa shape index (κ1) is 74.0. The maximum Gasteiger partial charge on any atom is 0.343 e. The van der Waals surface area contributed by atoms with Crippen LogP contribution in [-0.4, -0.2) is 193 Å². The molecule has 2 bridgehead atoms. The van der Waals surface area contributed by atoms with Gasteiger partial charge in [0.15, 0.2) is 29.2 Å². The number of aliphatic hydroxyl groups excluding tert-OH is 9. The van der Waals surface area contributed by atoms with Crippen LogP contribution in [0, 0.1) is 24.7 Å². The molecule has 14 N–H and O–H groups in total. The molecule has 1 aromatic carbocycles. The van der Waals surface area contributed by atoms with Gasteiger partial charge >= 0.3 is 17.9 Å². The summed E-state index contributed by atoms with van der Waals surface area (Å²) >= 11 is 0. The number of esters is 2. The highest BCUT2D eigenvalue weighted by Crippen LogP contribution is 2.44. The van der Waals surface area contributed by atoms with Gasteiger partial charge in [0, 0.05) is 60.1 Å². The highest BCUT2D eigenvalue weighted by atomic mass is 16.7. The summed E-state index contributed by atoms with van der Waals surface area (Å²) in [6.07, 6.45) is 3.66. The van der Waals surface area contributed by atoms with Gasteiger partial charge in [-0.25, -0.2) is 9.78 Å². The SMILES string of the molecule is CC[C@@]1(O)C(=O)OCc2c1cc1n(c2=O)Cc2c-1nc1cc3c(cc1c2C)OCO3.C[C@H]1[C@H](O)[C@@H](C)\C=C/C=C/C=C/C=C/C=C/C=C/C=C/[C@H](O[C@@H]2O[C@H](C)[C@@H](O)[C@H](N)[C@@H]2O)C[C@@H]2O[C@](O)(C[C@@H](O)C[C@@H](O)CC[C@H](O)[C@@H](O)C[C@@H](O)CC(=O)O[C@H]1C)C[C@H](O)[C@H]2C(=O)O. The minimum Gasteiger partial charge on any atom is -0.481 e. The predicted octanol–water partition coefficient (Wildman–Crippen LogP) is 2.83. The van der Waals surface area contributed by atoms with Crippen molar-refractivity contribution >= 4 is 28.8 Å². The van der Waals surface area contributed by atoms with Crippen LogP contribution in [0.5, 0.6) is 11.5 Å². The van der Waals surface area contributed by atoms with Crippen molar-refractivity contribution in [1.29, 1.82) is 0 Å². The molecule has 0 radical (unpaired) electrons. The Morgan fingerprint density at radius 3 is 1.98 bits per heavy atom. The van der Waals surface area contributed by atoms with Gasteiger partial charge in [0.25, 0.3) is 5.56 Å². The molecular formula is C69H91N3O23. The van der Waals surface area contributed by atoms with Crippen molar-refractivity contribution in [1.82, 2.24) is 9.55 Å². The Hall–Kier alpha value is -6.83. The Morgan fingerprint density at radius 1 is 0.705 bits per heavy atom. The molecule has 9 rings (SSSR count). The Labute approximate surface area is 549 Å². The van der Waals surface area contributed by atoms with E-state index in [-0.39, 0.29) is 57.0 Å². The number of nitrogens with two attached hydrogens (primary N) is 1. The molecule has 8 heterocycles. The van der Waals surface area contributed by atoms with Gasteiger partial charge in [-0.05, 0) is 64.2 Å². The lowest BCUT2D eigenvalue weighted by molar-refractivity contribution is -0.308. The molecule has 3 aromatic rings. The van der Waals surface area contributed by atoms with Gasteiger partial charge in [0.2, 0.25) is 6.79 Å². The summed E-state index contributed by atoms with van der Waals surface area (Å²) in [5.41, 5.74) is 8.51. The van der Waals surface area contributed by atoms with E-state index >= 15 is 0 Å². The van der Waals surface area contributed by atoms with Gasteiger partial charge in [-0.1, -0.05) is 106 Å². The van der Waals surface area contributed by atoms with E-state index in [0.29, 0.717) is 40.6 Å². The molecule has 2 aromatic heterocycles. The molecule has 95 heavy (non-hydrogen) atoms. The van der Waals surface area contributed by atoms with Crippen LogP contribution >= 0.6 is 0 Å². The van der Waals surface area contributed by atoms with Crippen LogP contribution in [0.25, 0.3) is 22.3 Å². The molecule has 26 nitrogen and oxygen atoms in total. The predicted molar refractivity (Wildman–Crippen MR) is 342 cm³/mol. The lowest BCUT2D eigenvalue weighted by Crippen LogP contribution is -2.61. The molecule has 2 saturated heterocycles. The van der Waals surface area contributed by atoms with Crippen molar-refractivity contribution in [3.05, 3.63) is 136 Å². The number of aryl methyl sites for hydroxylation is 1. The smallest absolute Gasteiger partial charge is 0.343 e. The number of hydrogen-bond acceptors (Lipinski definition) is 24. The maximum atomic E-state index is 13.2. The van der Waals surface area contributed by atoms with E-state index in [2.05, 4.69) is 0 Å². The number of aromatic nitrogens is 2. The standard InChI is InChI=1S/C47H73NO17.C22H18N2O6/c1-27-17-15-13-11-9-7-5-6-8-10-12-14-16-18-34(64-46-44(58)41(48)43(57)30(4)63-46)24-38-40(45(59)60)37(54)26-47(61,65-38)25-33(51)21-31(49)19-20-35(52)36(53)22-32(50)23-39(55)62-29(3)28(2)42(27)56;1-3-22(27)14-5-16-19-12(7-24(16)20(25)13(14)8-28-21(22)26)10(2)11-4-17-18(30-9-29-17)6-15(11)23-19/h5-18,27-38,40-44,46,49-54,56-58,61H,19-26,48H2,1-4H3,(H,59,60);4-6,27H,3,7-9H2,1-2H3/b6-5+,9-7+,10-8+,13-11+,14-12+,17-15-,18-16+;/t27-,28+,29-,30+,31-,32+,33-,34-,35-,36-,37-,38-,40+,41-,42+,43+,44-,46-,47+;22-/m00/s1. The van der Waals surface area contributed by atoms with Gasteiger partial charge in [-0.2, -0.15) is 0 Å². The molecule has 26 heteroatoms. The molecule has 0 saturated carbocycles. The highest BCUT2D eigenvalue weighted by molar-refractivity contribution is 5.91. The van der Waals surface area contributed by atoms with Gasteiger partial charge in [-0.15, -0.1) is 0 Å². The third kappa shape index (κ3) is 17.9. The van der Waals surface area contributed by atoms with Crippen LogP contribution < -0.4 is 20.8 Å². The number of fused-ring (bicyclic) bond motifs is 8. The second-order valence-electron chi connectivity index (χ2n) is 25.5. The molecule has 6 aliphatic rings. The average Bonchev–Trinajstić information content (AvgIpc) is 1.62. The van der Waals surface area contributed by atoms with E-state index < -0.39 is 158 Å².